The molecule has 18 heavy (non-hydrogen) atoms. The van der Waals surface area contributed by atoms with Crippen LogP contribution in [-0.2, 0) is 0 Å². The Labute approximate surface area is 107 Å². The first kappa shape index (κ1) is 14.8. The van der Waals surface area contributed by atoms with Crippen LogP contribution in [0.25, 0.3) is 0 Å². The highest BCUT2D eigenvalue weighted by atomic mass is 16.4. The van der Waals surface area contributed by atoms with Crippen molar-refractivity contribution in [1.29, 1.82) is 0 Å². The number of hydrogen-bond donors (Lipinski definition) is 5. The molecule has 0 bridgehead atoms. The molecule has 0 aromatic heterocycles. The Bertz CT molecular complexity index is 407. The molecule has 5 nitrogen and oxygen atoms in total. The lowest BCUT2D eigenvalue weighted by atomic mass is 10.1. The van der Waals surface area contributed by atoms with E-state index in [1.807, 2.05) is 26.0 Å². The third kappa shape index (κ3) is 3.60. The van der Waals surface area contributed by atoms with Crippen LogP contribution in [0.4, 0.5) is 11.4 Å². The second-order valence-electron chi connectivity index (χ2n) is 4.70. The molecular weight excluding hydrogens is 232 g/mol. The minimum absolute atomic E-state index is 0.124. The summed E-state index contributed by atoms with van der Waals surface area (Å²) in [7, 11) is 0. The summed E-state index contributed by atoms with van der Waals surface area (Å²) >= 11 is 0. The van der Waals surface area contributed by atoms with Crippen LogP contribution in [0.3, 0.4) is 0 Å². The van der Waals surface area contributed by atoms with Crippen molar-refractivity contribution in [2.24, 2.45) is 0 Å². The fourth-order valence-electron chi connectivity index (χ4n) is 1.65. The molecule has 0 aliphatic carbocycles. The van der Waals surface area contributed by atoms with Crippen molar-refractivity contribution in [1.82, 2.24) is 0 Å². The van der Waals surface area contributed by atoms with Crippen LogP contribution in [0, 0.1) is 13.8 Å². The summed E-state index contributed by atoms with van der Waals surface area (Å²) in [5, 5.41) is 31.3. The van der Waals surface area contributed by atoms with Gasteiger partial charge in [-0.25, -0.2) is 0 Å². The molecule has 102 valence electrons. The fourth-order valence-corrected chi connectivity index (χ4v) is 1.65. The Morgan fingerprint density at radius 1 is 1.17 bits per heavy atom. The number of aliphatic hydroxyl groups excluding tert-OH is 3. The van der Waals surface area contributed by atoms with Gasteiger partial charge in [0.05, 0.1) is 23.6 Å². The van der Waals surface area contributed by atoms with Crippen LogP contribution >= 0.6 is 0 Å². The van der Waals surface area contributed by atoms with Gasteiger partial charge in [-0.05, 0) is 44.0 Å². The van der Waals surface area contributed by atoms with Crippen LogP contribution in [0.1, 0.15) is 18.1 Å². The van der Waals surface area contributed by atoms with E-state index in [1.165, 1.54) is 6.92 Å². The van der Waals surface area contributed by atoms with Gasteiger partial charge in [0.1, 0.15) is 6.10 Å². The van der Waals surface area contributed by atoms with Gasteiger partial charge in [-0.15, -0.1) is 0 Å². The van der Waals surface area contributed by atoms with Crippen molar-refractivity contribution < 1.29 is 15.3 Å². The Morgan fingerprint density at radius 3 is 2.28 bits per heavy atom. The molecule has 6 N–H and O–H groups in total. The number of aliphatic hydroxyl groups is 3. The summed E-state index contributed by atoms with van der Waals surface area (Å²) < 4.78 is 0. The number of nitrogens with two attached hydrogens (primary N) is 1. The summed E-state index contributed by atoms with van der Waals surface area (Å²) in [6.07, 6.45) is -3.20. The molecule has 0 spiro atoms. The topological polar surface area (TPSA) is 98.7 Å². The predicted octanol–water partition coefficient (Wildman–Crippen LogP) is 0.400. The van der Waals surface area contributed by atoms with Crippen LogP contribution in [0.15, 0.2) is 12.1 Å². The van der Waals surface area contributed by atoms with E-state index in [4.69, 9.17) is 10.8 Å². The highest BCUT2D eigenvalue weighted by molar-refractivity contribution is 5.68. The minimum Gasteiger partial charge on any atom is -0.397 e. The number of aryl methyl sites for hydroxylation is 2. The standard InChI is InChI=1S/C13H22N2O3/c1-7-4-10(14)11(5-8(7)2)15-6-12(17)13(18)9(3)16/h4-5,9,12-13,15-18H,6,14H2,1-3H3. The maximum atomic E-state index is 9.65. The molecule has 0 fully saturated rings. The summed E-state index contributed by atoms with van der Waals surface area (Å²) in [6, 6.07) is 3.75. The van der Waals surface area contributed by atoms with E-state index in [-0.39, 0.29) is 6.54 Å². The molecule has 1 aromatic rings. The molecule has 3 atom stereocenters. The fraction of sp³-hybridized carbons (Fsp3) is 0.538. The monoisotopic (exact) mass is 254 g/mol. The van der Waals surface area contributed by atoms with Crippen LogP contribution in [0.5, 0.6) is 0 Å². The van der Waals surface area contributed by atoms with Gasteiger partial charge in [-0.1, -0.05) is 0 Å². The van der Waals surface area contributed by atoms with Gasteiger partial charge in [-0.2, -0.15) is 0 Å². The van der Waals surface area contributed by atoms with E-state index in [0.717, 1.165) is 16.8 Å². The Kier molecular flexibility index (Phi) is 4.95. The third-order valence-corrected chi connectivity index (χ3v) is 3.06. The van der Waals surface area contributed by atoms with Crippen molar-refractivity contribution in [3.8, 4) is 0 Å². The molecule has 0 saturated carbocycles. The molecular formula is C13H22N2O3. The Hall–Kier alpha value is -1.30. The second-order valence-corrected chi connectivity index (χ2v) is 4.70. The zero-order valence-corrected chi connectivity index (χ0v) is 11.0. The molecule has 0 saturated heterocycles. The number of benzene rings is 1. The molecule has 0 amide bonds. The summed E-state index contributed by atoms with van der Waals surface area (Å²) in [6.45, 7) is 5.50. The van der Waals surface area contributed by atoms with Gasteiger partial charge in [-0.3, -0.25) is 0 Å². The molecule has 0 heterocycles. The molecule has 1 aromatic carbocycles. The molecule has 0 aliphatic rings. The largest absolute Gasteiger partial charge is 0.397 e. The van der Waals surface area contributed by atoms with E-state index < -0.39 is 18.3 Å². The normalized spacial score (nSPS) is 16.1. The highest BCUT2D eigenvalue weighted by Crippen LogP contribution is 2.23. The van der Waals surface area contributed by atoms with Crippen LogP contribution in [0.2, 0.25) is 0 Å². The number of hydrogen-bond acceptors (Lipinski definition) is 5. The van der Waals surface area contributed by atoms with E-state index >= 15 is 0 Å². The Balaban J connectivity index is 2.66. The number of nitrogen functional groups attached to an aromatic ring is 1. The van der Waals surface area contributed by atoms with Crippen molar-refractivity contribution in [2.45, 2.75) is 39.1 Å². The highest BCUT2D eigenvalue weighted by Gasteiger charge is 2.21. The number of rotatable bonds is 5. The van der Waals surface area contributed by atoms with Crippen LogP contribution in [-0.4, -0.2) is 40.2 Å². The first-order valence-corrected chi connectivity index (χ1v) is 5.97. The summed E-state index contributed by atoms with van der Waals surface area (Å²) in [4.78, 5) is 0. The second kappa shape index (κ2) is 6.04. The average molecular weight is 254 g/mol. The van der Waals surface area contributed by atoms with E-state index in [1.54, 1.807) is 0 Å². The lowest BCUT2D eigenvalue weighted by molar-refractivity contribution is -0.0459. The maximum absolute atomic E-state index is 9.65. The lowest BCUT2D eigenvalue weighted by Gasteiger charge is -2.21. The zero-order valence-electron chi connectivity index (χ0n) is 11.0. The van der Waals surface area contributed by atoms with Crippen molar-refractivity contribution >= 4 is 11.4 Å². The number of anilines is 2. The van der Waals surface area contributed by atoms with Crippen molar-refractivity contribution in [3.05, 3.63) is 23.3 Å². The maximum Gasteiger partial charge on any atom is 0.107 e. The molecule has 1 rings (SSSR count). The van der Waals surface area contributed by atoms with E-state index in [0.29, 0.717) is 5.69 Å². The molecule has 5 heteroatoms. The quantitative estimate of drug-likeness (QED) is 0.490. The first-order chi connectivity index (χ1) is 8.32. The van der Waals surface area contributed by atoms with Gasteiger partial charge >= 0.3 is 0 Å². The summed E-state index contributed by atoms with van der Waals surface area (Å²) in [5.74, 6) is 0. The van der Waals surface area contributed by atoms with Crippen molar-refractivity contribution in [2.75, 3.05) is 17.6 Å². The molecule has 3 unspecified atom stereocenters. The van der Waals surface area contributed by atoms with Crippen molar-refractivity contribution in [3.63, 3.8) is 0 Å². The predicted molar refractivity (Wildman–Crippen MR) is 72.5 cm³/mol. The van der Waals surface area contributed by atoms with Gasteiger partial charge in [0.15, 0.2) is 0 Å². The van der Waals surface area contributed by atoms with Crippen LogP contribution < -0.4 is 11.1 Å². The van der Waals surface area contributed by atoms with Gasteiger partial charge in [0, 0.05) is 6.54 Å². The zero-order chi connectivity index (χ0) is 13.9. The summed E-state index contributed by atoms with van der Waals surface area (Å²) in [5.41, 5.74) is 9.36. The lowest BCUT2D eigenvalue weighted by Crippen LogP contribution is -2.39. The minimum atomic E-state index is -1.18. The van der Waals surface area contributed by atoms with Gasteiger partial charge < -0.3 is 26.4 Å². The SMILES string of the molecule is Cc1cc(N)c(NCC(O)C(O)C(C)O)cc1C. The van der Waals surface area contributed by atoms with E-state index in [9.17, 15) is 10.2 Å². The third-order valence-electron chi connectivity index (χ3n) is 3.06. The smallest absolute Gasteiger partial charge is 0.107 e. The first-order valence-electron chi connectivity index (χ1n) is 5.97. The molecule has 0 radical (unpaired) electrons. The number of nitrogens with one attached hydrogen (secondary N) is 1. The van der Waals surface area contributed by atoms with E-state index in [2.05, 4.69) is 5.32 Å². The van der Waals surface area contributed by atoms with Gasteiger partial charge in [0.25, 0.3) is 0 Å². The molecule has 0 aliphatic heterocycles. The Morgan fingerprint density at radius 2 is 1.72 bits per heavy atom. The van der Waals surface area contributed by atoms with Gasteiger partial charge in [0.2, 0.25) is 0 Å². The average Bonchev–Trinajstić information content (AvgIpc) is 2.30.